The summed E-state index contributed by atoms with van der Waals surface area (Å²) in [5, 5.41) is 4.42. The van der Waals surface area contributed by atoms with Crippen LogP contribution >= 0.6 is 0 Å². The van der Waals surface area contributed by atoms with E-state index in [-0.39, 0.29) is 0 Å². The molecule has 2 aromatic rings. The lowest BCUT2D eigenvalue weighted by Crippen LogP contribution is -2.01. The number of nitrogen functional groups attached to an aromatic ring is 1. The number of nitrogens with zero attached hydrogens (tertiary/aromatic N) is 1. The minimum atomic E-state index is 0.798. The van der Waals surface area contributed by atoms with Crippen molar-refractivity contribution in [2.75, 3.05) is 17.6 Å². The predicted molar refractivity (Wildman–Crippen MR) is 74.3 cm³/mol. The van der Waals surface area contributed by atoms with Gasteiger partial charge in [-0.3, -0.25) is 4.98 Å². The third-order valence-corrected chi connectivity index (χ3v) is 2.83. The second-order valence-electron chi connectivity index (χ2n) is 4.37. The van der Waals surface area contributed by atoms with Gasteiger partial charge < -0.3 is 11.1 Å². The van der Waals surface area contributed by atoms with Gasteiger partial charge in [0, 0.05) is 29.0 Å². The average Bonchev–Trinajstić information content (AvgIpc) is 2.30. The Morgan fingerprint density at radius 2 is 2.12 bits per heavy atom. The molecule has 0 bridgehead atoms. The second kappa shape index (κ2) is 5.04. The zero-order valence-corrected chi connectivity index (χ0v) is 10.5. The summed E-state index contributed by atoms with van der Waals surface area (Å²) < 4.78 is 0. The molecule has 1 aromatic heterocycles. The van der Waals surface area contributed by atoms with E-state index in [0.29, 0.717) is 0 Å². The number of hydrogen-bond donors (Lipinski definition) is 2. The minimum Gasteiger partial charge on any atom is -0.398 e. The third kappa shape index (κ3) is 2.67. The van der Waals surface area contributed by atoms with Crippen LogP contribution in [0, 0.1) is 6.92 Å². The van der Waals surface area contributed by atoms with Crippen LogP contribution in [0.25, 0.3) is 10.9 Å². The molecule has 3 N–H and O–H groups in total. The van der Waals surface area contributed by atoms with E-state index in [9.17, 15) is 0 Å². The zero-order valence-electron chi connectivity index (χ0n) is 10.5. The van der Waals surface area contributed by atoms with Crippen molar-refractivity contribution in [3.05, 3.63) is 30.0 Å². The maximum atomic E-state index is 6.01. The maximum Gasteiger partial charge on any atom is 0.0727 e. The molecule has 0 aliphatic rings. The number of nitrogens with one attached hydrogen (secondary N) is 1. The average molecular weight is 229 g/mol. The molecule has 17 heavy (non-hydrogen) atoms. The molecule has 2 rings (SSSR count). The number of fused-ring (bicyclic) bond motifs is 1. The lowest BCUT2D eigenvalue weighted by Gasteiger charge is -2.08. The Kier molecular flexibility index (Phi) is 3.47. The summed E-state index contributed by atoms with van der Waals surface area (Å²) in [7, 11) is 0. The van der Waals surface area contributed by atoms with Gasteiger partial charge in [0.25, 0.3) is 0 Å². The highest BCUT2D eigenvalue weighted by molar-refractivity contribution is 5.92. The van der Waals surface area contributed by atoms with Crippen LogP contribution in [0.5, 0.6) is 0 Å². The number of nitrogens with two attached hydrogens (primary N) is 1. The van der Waals surface area contributed by atoms with Crippen LogP contribution < -0.4 is 11.1 Å². The largest absolute Gasteiger partial charge is 0.398 e. The van der Waals surface area contributed by atoms with Gasteiger partial charge in [-0.25, -0.2) is 0 Å². The highest BCUT2D eigenvalue weighted by atomic mass is 14.9. The summed E-state index contributed by atoms with van der Waals surface area (Å²) in [5.41, 5.74) is 9.85. The van der Waals surface area contributed by atoms with Gasteiger partial charge in [0.1, 0.15) is 0 Å². The van der Waals surface area contributed by atoms with E-state index in [2.05, 4.69) is 29.4 Å². The molecule has 0 saturated carbocycles. The van der Waals surface area contributed by atoms with Crippen LogP contribution in [0.1, 0.15) is 25.5 Å². The van der Waals surface area contributed by atoms with Crippen LogP contribution in [0.3, 0.4) is 0 Å². The number of aryl methyl sites for hydroxylation is 1. The molecule has 3 nitrogen and oxygen atoms in total. The Morgan fingerprint density at radius 3 is 2.88 bits per heavy atom. The lowest BCUT2D eigenvalue weighted by atomic mass is 10.1. The van der Waals surface area contributed by atoms with Crippen LogP contribution in [-0.2, 0) is 0 Å². The fourth-order valence-electron chi connectivity index (χ4n) is 1.91. The number of unbranched alkanes of at least 4 members (excludes halogenated alkanes) is 1. The van der Waals surface area contributed by atoms with Crippen LogP contribution in [-0.4, -0.2) is 11.5 Å². The first-order valence-electron chi connectivity index (χ1n) is 6.11. The van der Waals surface area contributed by atoms with Gasteiger partial charge in [-0.05, 0) is 37.6 Å². The van der Waals surface area contributed by atoms with E-state index < -0.39 is 0 Å². The lowest BCUT2D eigenvalue weighted by molar-refractivity contribution is 0.834. The number of rotatable bonds is 4. The number of hydrogen-bond acceptors (Lipinski definition) is 3. The van der Waals surface area contributed by atoms with E-state index >= 15 is 0 Å². The first kappa shape index (κ1) is 11.7. The summed E-state index contributed by atoms with van der Waals surface area (Å²) in [4.78, 5) is 4.47. The molecule has 1 heterocycles. The highest BCUT2D eigenvalue weighted by Gasteiger charge is 2.02. The molecular formula is C14H19N3. The first-order chi connectivity index (χ1) is 8.20. The van der Waals surface area contributed by atoms with Crippen molar-refractivity contribution in [3.63, 3.8) is 0 Å². The fourth-order valence-corrected chi connectivity index (χ4v) is 1.91. The molecule has 0 amide bonds. The van der Waals surface area contributed by atoms with Gasteiger partial charge in [0.05, 0.1) is 5.52 Å². The zero-order chi connectivity index (χ0) is 12.3. The smallest absolute Gasteiger partial charge is 0.0727 e. The molecule has 0 spiro atoms. The number of benzene rings is 1. The number of anilines is 2. The Balaban J connectivity index is 2.30. The van der Waals surface area contributed by atoms with Crippen molar-refractivity contribution in [1.29, 1.82) is 0 Å². The molecule has 90 valence electrons. The highest BCUT2D eigenvalue weighted by Crippen LogP contribution is 2.23. The van der Waals surface area contributed by atoms with E-state index in [1.165, 1.54) is 12.8 Å². The Morgan fingerprint density at radius 1 is 1.29 bits per heavy atom. The normalized spacial score (nSPS) is 10.7. The van der Waals surface area contributed by atoms with E-state index in [4.69, 9.17) is 5.73 Å². The van der Waals surface area contributed by atoms with Crippen molar-refractivity contribution in [3.8, 4) is 0 Å². The number of aromatic nitrogens is 1. The van der Waals surface area contributed by atoms with Crippen molar-refractivity contribution in [2.45, 2.75) is 26.7 Å². The summed E-state index contributed by atoms with van der Waals surface area (Å²) in [6, 6.07) is 8.07. The maximum absolute atomic E-state index is 6.01. The molecule has 0 saturated heterocycles. The van der Waals surface area contributed by atoms with Crippen molar-refractivity contribution >= 4 is 22.3 Å². The Bertz CT molecular complexity index is 520. The van der Waals surface area contributed by atoms with Crippen molar-refractivity contribution < 1.29 is 0 Å². The van der Waals surface area contributed by atoms with Crippen molar-refractivity contribution in [1.82, 2.24) is 4.98 Å². The molecule has 0 unspecified atom stereocenters. The number of pyridine rings is 1. The van der Waals surface area contributed by atoms with Gasteiger partial charge in [-0.1, -0.05) is 13.3 Å². The molecule has 0 atom stereocenters. The molecule has 0 fully saturated rings. The quantitative estimate of drug-likeness (QED) is 0.790. The summed E-state index contributed by atoms with van der Waals surface area (Å²) in [5.74, 6) is 0. The molecule has 0 aliphatic carbocycles. The molecule has 0 aliphatic heterocycles. The SMILES string of the molecule is CCCCNc1ccc2nc(C)cc(N)c2c1. The van der Waals surface area contributed by atoms with E-state index in [1.54, 1.807) is 0 Å². The van der Waals surface area contributed by atoms with Crippen molar-refractivity contribution in [2.24, 2.45) is 0 Å². The van der Waals surface area contributed by atoms with Gasteiger partial charge >= 0.3 is 0 Å². The van der Waals surface area contributed by atoms with Gasteiger partial charge in [-0.15, -0.1) is 0 Å². The van der Waals surface area contributed by atoms with Gasteiger partial charge in [0.15, 0.2) is 0 Å². The molecular weight excluding hydrogens is 210 g/mol. The summed E-state index contributed by atoms with van der Waals surface area (Å²) >= 11 is 0. The topological polar surface area (TPSA) is 50.9 Å². The predicted octanol–water partition coefficient (Wildman–Crippen LogP) is 3.34. The summed E-state index contributed by atoms with van der Waals surface area (Å²) in [6.07, 6.45) is 2.38. The summed E-state index contributed by atoms with van der Waals surface area (Å²) in [6.45, 7) is 5.15. The van der Waals surface area contributed by atoms with Crippen LogP contribution in [0.2, 0.25) is 0 Å². The monoisotopic (exact) mass is 229 g/mol. The Labute approximate surface area is 102 Å². The molecule has 3 heteroatoms. The van der Waals surface area contributed by atoms with Crippen LogP contribution in [0.15, 0.2) is 24.3 Å². The molecule has 1 aromatic carbocycles. The van der Waals surface area contributed by atoms with Gasteiger partial charge in [0.2, 0.25) is 0 Å². The van der Waals surface area contributed by atoms with Crippen LogP contribution in [0.4, 0.5) is 11.4 Å². The van der Waals surface area contributed by atoms with E-state index in [0.717, 1.165) is 34.5 Å². The van der Waals surface area contributed by atoms with Gasteiger partial charge in [-0.2, -0.15) is 0 Å². The third-order valence-electron chi connectivity index (χ3n) is 2.83. The first-order valence-corrected chi connectivity index (χ1v) is 6.11. The standard InChI is InChI=1S/C14H19N3/c1-3-4-7-16-11-5-6-14-12(9-11)13(15)8-10(2)17-14/h5-6,8-9,16H,3-4,7H2,1-2H3,(H2,15,17). The molecule has 0 radical (unpaired) electrons. The minimum absolute atomic E-state index is 0.798. The second-order valence-corrected chi connectivity index (χ2v) is 4.37. The fraction of sp³-hybridized carbons (Fsp3) is 0.357. The Hall–Kier alpha value is -1.77. The van der Waals surface area contributed by atoms with E-state index in [1.807, 2.05) is 19.1 Å².